The third kappa shape index (κ3) is 5.12. The summed E-state index contributed by atoms with van der Waals surface area (Å²) >= 11 is 0. The van der Waals surface area contributed by atoms with Gasteiger partial charge < -0.3 is 4.74 Å². The van der Waals surface area contributed by atoms with Gasteiger partial charge in [-0.05, 0) is 56.2 Å². The van der Waals surface area contributed by atoms with Crippen molar-refractivity contribution in [2.75, 3.05) is 22.7 Å². The summed E-state index contributed by atoms with van der Waals surface area (Å²) in [5.41, 5.74) is 1.57. The Balaban J connectivity index is 1.45. The number of nitrogens with one attached hydrogen (secondary N) is 2. The predicted octanol–water partition coefficient (Wildman–Crippen LogP) is 3.14. The zero-order chi connectivity index (χ0) is 22.8. The fourth-order valence-corrected chi connectivity index (χ4v) is 5.47. The van der Waals surface area contributed by atoms with Crippen LogP contribution in [-0.4, -0.2) is 39.8 Å². The zero-order valence-electron chi connectivity index (χ0n) is 17.4. The second-order valence-corrected chi connectivity index (χ2v) is 11.0. The smallest absolute Gasteiger partial charge is 0.261 e. The van der Waals surface area contributed by atoms with E-state index in [1.807, 2.05) is 6.92 Å². The SMILES string of the molecule is Cc1ccc(S(=O)(=O)Nc2ccc(S(=O)(=O)Nc3cnn(C4CCOCC4)c3)cc2)cc1. The van der Waals surface area contributed by atoms with Crippen molar-refractivity contribution in [1.29, 1.82) is 0 Å². The van der Waals surface area contributed by atoms with Crippen molar-refractivity contribution in [3.05, 3.63) is 66.5 Å². The Hall–Kier alpha value is -2.89. The Morgan fingerprint density at radius 2 is 1.38 bits per heavy atom. The first-order chi connectivity index (χ1) is 15.2. The van der Waals surface area contributed by atoms with Gasteiger partial charge in [0.15, 0.2) is 0 Å². The van der Waals surface area contributed by atoms with Crippen LogP contribution in [0.5, 0.6) is 0 Å². The lowest BCUT2D eigenvalue weighted by molar-refractivity contribution is 0.0662. The number of anilines is 2. The highest BCUT2D eigenvalue weighted by Gasteiger charge is 2.20. The quantitative estimate of drug-likeness (QED) is 0.541. The molecule has 170 valence electrons. The minimum Gasteiger partial charge on any atom is -0.381 e. The monoisotopic (exact) mass is 476 g/mol. The van der Waals surface area contributed by atoms with Gasteiger partial charge in [-0.1, -0.05) is 17.7 Å². The summed E-state index contributed by atoms with van der Waals surface area (Å²) in [6, 6.07) is 12.1. The molecule has 1 saturated heterocycles. The van der Waals surface area contributed by atoms with Crippen LogP contribution < -0.4 is 9.44 Å². The number of rotatable bonds is 7. The molecular weight excluding hydrogens is 452 g/mol. The Kier molecular flexibility index (Phi) is 6.22. The lowest BCUT2D eigenvalue weighted by atomic mass is 10.1. The molecule has 2 heterocycles. The third-order valence-electron chi connectivity index (χ3n) is 5.17. The Morgan fingerprint density at radius 3 is 1.97 bits per heavy atom. The third-order valence-corrected chi connectivity index (χ3v) is 7.96. The van der Waals surface area contributed by atoms with Crippen molar-refractivity contribution in [2.45, 2.75) is 35.6 Å². The first kappa shape index (κ1) is 22.3. The number of hydrogen-bond acceptors (Lipinski definition) is 6. The number of aromatic nitrogens is 2. The summed E-state index contributed by atoms with van der Waals surface area (Å²) in [6.45, 7) is 3.18. The van der Waals surface area contributed by atoms with Crippen LogP contribution in [-0.2, 0) is 24.8 Å². The zero-order valence-corrected chi connectivity index (χ0v) is 19.1. The molecular formula is C21H24N4O5S2. The summed E-state index contributed by atoms with van der Waals surface area (Å²) in [6.07, 6.45) is 4.79. The number of benzene rings is 2. The maximum absolute atomic E-state index is 12.7. The molecule has 0 atom stereocenters. The summed E-state index contributed by atoms with van der Waals surface area (Å²) in [4.78, 5) is 0.137. The van der Waals surface area contributed by atoms with Gasteiger partial charge in [0.1, 0.15) is 0 Å². The Bertz CT molecular complexity index is 1280. The van der Waals surface area contributed by atoms with Crippen molar-refractivity contribution >= 4 is 31.4 Å². The minimum atomic E-state index is -3.85. The van der Waals surface area contributed by atoms with Crippen LogP contribution in [0.15, 0.2) is 70.7 Å². The van der Waals surface area contributed by atoms with Crippen LogP contribution in [0.4, 0.5) is 11.4 Å². The molecule has 0 spiro atoms. The molecule has 0 aliphatic carbocycles. The molecule has 3 aromatic rings. The molecule has 9 nitrogen and oxygen atoms in total. The average Bonchev–Trinajstić information content (AvgIpc) is 3.22. The van der Waals surface area contributed by atoms with Crippen molar-refractivity contribution < 1.29 is 21.6 Å². The van der Waals surface area contributed by atoms with Gasteiger partial charge in [0.25, 0.3) is 20.0 Å². The van der Waals surface area contributed by atoms with Crippen LogP contribution in [0.1, 0.15) is 24.4 Å². The predicted molar refractivity (Wildman–Crippen MR) is 121 cm³/mol. The standard InChI is InChI=1S/C21H24N4O5S2/c1-16-2-6-20(7-3-16)31(26,27)23-17-4-8-21(9-5-17)32(28,29)24-18-14-22-25(15-18)19-10-12-30-13-11-19/h2-9,14-15,19,23-24H,10-13H2,1H3. The van der Waals surface area contributed by atoms with Crippen molar-refractivity contribution in [1.82, 2.24) is 9.78 Å². The second-order valence-electron chi connectivity index (χ2n) is 7.60. The maximum Gasteiger partial charge on any atom is 0.261 e. The molecule has 0 bridgehead atoms. The van der Waals surface area contributed by atoms with Gasteiger partial charge in [-0.15, -0.1) is 0 Å². The number of aryl methyl sites for hydroxylation is 1. The van der Waals surface area contributed by atoms with Gasteiger partial charge >= 0.3 is 0 Å². The van der Waals surface area contributed by atoms with Crippen molar-refractivity contribution in [2.24, 2.45) is 0 Å². The normalized spacial score (nSPS) is 15.4. The summed E-state index contributed by atoms with van der Waals surface area (Å²) in [5.74, 6) is 0. The molecule has 1 aliphatic rings. The minimum absolute atomic E-state index is 0.00889. The highest BCUT2D eigenvalue weighted by Crippen LogP contribution is 2.24. The van der Waals surface area contributed by atoms with E-state index in [0.717, 1.165) is 18.4 Å². The molecule has 1 aliphatic heterocycles. The highest BCUT2D eigenvalue weighted by molar-refractivity contribution is 7.93. The van der Waals surface area contributed by atoms with Gasteiger partial charge in [0.2, 0.25) is 0 Å². The Morgan fingerprint density at radius 1 is 0.844 bits per heavy atom. The molecule has 0 saturated carbocycles. The summed E-state index contributed by atoms with van der Waals surface area (Å²) < 4.78 is 62.5. The van der Waals surface area contributed by atoms with Crippen molar-refractivity contribution in [3.8, 4) is 0 Å². The maximum atomic E-state index is 12.7. The molecule has 0 radical (unpaired) electrons. The van der Waals surface area contributed by atoms with Gasteiger partial charge in [-0.25, -0.2) is 16.8 Å². The average molecular weight is 477 g/mol. The first-order valence-corrected chi connectivity index (χ1v) is 13.0. The van der Waals surface area contributed by atoms with Crippen LogP contribution >= 0.6 is 0 Å². The first-order valence-electron chi connectivity index (χ1n) is 10.1. The molecule has 4 rings (SSSR count). The van der Waals surface area contributed by atoms with E-state index in [0.29, 0.717) is 18.9 Å². The van der Waals surface area contributed by atoms with E-state index in [9.17, 15) is 16.8 Å². The molecule has 2 N–H and O–H groups in total. The largest absolute Gasteiger partial charge is 0.381 e. The summed E-state index contributed by atoms with van der Waals surface area (Å²) in [5, 5.41) is 4.26. The van der Waals surface area contributed by atoms with E-state index in [2.05, 4.69) is 14.5 Å². The number of ether oxygens (including phenoxy) is 1. The van der Waals surface area contributed by atoms with Gasteiger partial charge in [0.05, 0.1) is 27.7 Å². The van der Waals surface area contributed by atoms with E-state index in [1.54, 1.807) is 23.0 Å². The molecule has 2 aromatic carbocycles. The van der Waals surface area contributed by atoms with Gasteiger partial charge in [0, 0.05) is 25.1 Å². The van der Waals surface area contributed by atoms with E-state index >= 15 is 0 Å². The molecule has 11 heteroatoms. The van der Waals surface area contributed by atoms with Crippen molar-refractivity contribution in [3.63, 3.8) is 0 Å². The van der Waals surface area contributed by atoms with Crippen LogP contribution in [0.2, 0.25) is 0 Å². The fraction of sp³-hybridized carbons (Fsp3) is 0.286. The van der Waals surface area contributed by atoms with Gasteiger partial charge in [-0.3, -0.25) is 14.1 Å². The molecule has 0 amide bonds. The fourth-order valence-electron chi connectivity index (χ4n) is 3.39. The van der Waals surface area contributed by atoms with E-state index in [-0.39, 0.29) is 21.5 Å². The highest BCUT2D eigenvalue weighted by atomic mass is 32.2. The second kappa shape index (κ2) is 8.93. The van der Waals surface area contributed by atoms with E-state index in [4.69, 9.17) is 4.74 Å². The molecule has 32 heavy (non-hydrogen) atoms. The van der Waals surface area contributed by atoms with Crippen LogP contribution in [0, 0.1) is 6.92 Å². The molecule has 0 unspecified atom stereocenters. The lowest BCUT2D eigenvalue weighted by Gasteiger charge is -2.22. The number of hydrogen-bond donors (Lipinski definition) is 2. The van der Waals surface area contributed by atoms with Crippen LogP contribution in [0.3, 0.4) is 0 Å². The van der Waals surface area contributed by atoms with E-state index in [1.165, 1.54) is 42.6 Å². The number of nitrogens with zero attached hydrogens (tertiary/aromatic N) is 2. The van der Waals surface area contributed by atoms with Gasteiger partial charge in [-0.2, -0.15) is 5.10 Å². The number of sulfonamides is 2. The topological polar surface area (TPSA) is 119 Å². The Labute approximate surface area is 187 Å². The summed E-state index contributed by atoms with van der Waals surface area (Å²) in [7, 11) is -7.62. The molecule has 1 fully saturated rings. The molecule has 1 aromatic heterocycles. The lowest BCUT2D eigenvalue weighted by Crippen LogP contribution is -2.19. The van der Waals surface area contributed by atoms with E-state index < -0.39 is 20.0 Å². The van der Waals surface area contributed by atoms with Crippen LogP contribution in [0.25, 0.3) is 0 Å².